The van der Waals surface area contributed by atoms with Gasteiger partial charge < -0.3 is 10.1 Å². The number of piperidine rings is 1. The van der Waals surface area contributed by atoms with Gasteiger partial charge in [-0.2, -0.15) is 0 Å². The van der Waals surface area contributed by atoms with Crippen LogP contribution in [0.25, 0.3) is 0 Å². The predicted molar refractivity (Wildman–Crippen MR) is 106 cm³/mol. The first kappa shape index (κ1) is 19.3. The summed E-state index contributed by atoms with van der Waals surface area (Å²) in [7, 11) is 0. The molecule has 1 fully saturated rings. The number of ether oxygens (including phenoxy) is 1. The average molecular weight is 411 g/mol. The van der Waals surface area contributed by atoms with Gasteiger partial charge in [0.25, 0.3) is 0 Å². The van der Waals surface area contributed by atoms with E-state index in [1.165, 1.54) is 30.5 Å². The van der Waals surface area contributed by atoms with Crippen LogP contribution in [0.1, 0.15) is 30.4 Å². The van der Waals surface area contributed by atoms with Crippen LogP contribution in [-0.2, 0) is 6.42 Å². The van der Waals surface area contributed by atoms with Crippen LogP contribution >= 0.6 is 28.3 Å². The Hall–Kier alpha value is -1.03. The van der Waals surface area contributed by atoms with Crippen LogP contribution in [0.5, 0.6) is 5.75 Å². The topological polar surface area (TPSA) is 21.3 Å². The fraction of sp³-hybridized carbons (Fsp3) is 0.400. The number of benzene rings is 2. The molecule has 0 amide bonds. The molecule has 2 nitrogen and oxygen atoms in total. The van der Waals surface area contributed by atoms with Crippen LogP contribution in [-0.4, -0.2) is 19.7 Å². The summed E-state index contributed by atoms with van der Waals surface area (Å²) < 4.78 is 7.02. The Bertz CT molecular complexity index is 614. The minimum absolute atomic E-state index is 0. The highest BCUT2D eigenvalue weighted by Gasteiger charge is 2.13. The van der Waals surface area contributed by atoms with Gasteiger partial charge in [0.05, 0.1) is 11.1 Å². The second kappa shape index (κ2) is 10.1. The van der Waals surface area contributed by atoms with E-state index in [2.05, 4.69) is 69.8 Å². The third kappa shape index (κ3) is 5.80. The zero-order chi connectivity index (χ0) is 15.9. The number of hydrogen-bond acceptors (Lipinski definition) is 2. The molecule has 0 bridgehead atoms. The zero-order valence-electron chi connectivity index (χ0n) is 13.8. The molecule has 24 heavy (non-hydrogen) atoms. The van der Waals surface area contributed by atoms with Crippen molar-refractivity contribution in [3.8, 4) is 5.75 Å². The SMILES string of the molecule is Brc1cc(Cc2ccccc2)ccc1OCCC1CCCNC1.Cl. The van der Waals surface area contributed by atoms with Crippen LogP contribution in [0.15, 0.2) is 53.0 Å². The summed E-state index contributed by atoms with van der Waals surface area (Å²) in [5.41, 5.74) is 2.63. The molecule has 1 unspecified atom stereocenters. The third-order valence-corrected chi connectivity index (χ3v) is 5.05. The maximum Gasteiger partial charge on any atom is 0.133 e. The van der Waals surface area contributed by atoms with Crippen LogP contribution in [0.4, 0.5) is 0 Å². The van der Waals surface area contributed by atoms with Crippen LogP contribution < -0.4 is 10.1 Å². The molecule has 3 rings (SSSR count). The Kier molecular flexibility index (Phi) is 8.10. The molecule has 0 spiro atoms. The van der Waals surface area contributed by atoms with Gasteiger partial charge in [0.15, 0.2) is 0 Å². The lowest BCUT2D eigenvalue weighted by atomic mass is 9.97. The minimum atomic E-state index is 0. The van der Waals surface area contributed by atoms with E-state index in [0.29, 0.717) is 0 Å². The van der Waals surface area contributed by atoms with Crippen LogP contribution in [0.2, 0.25) is 0 Å². The quantitative estimate of drug-likeness (QED) is 0.704. The number of nitrogens with one attached hydrogen (secondary N) is 1. The summed E-state index contributed by atoms with van der Waals surface area (Å²) in [6.07, 6.45) is 4.70. The molecule has 1 N–H and O–H groups in total. The van der Waals surface area contributed by atoms with Gasteiger partial charge in [-0.05, 0) is 83.9 Å². The molecule has 2 aromatic rings. The highest BCUT2D eigenvalue weighted by molar-refractivity contribution is 9.10. The van der Waals surface area contributed by atoms with Crippen molar-refractivity contribution >= 4 is 28.3 Å². The van der Waals surface area contributed by atoms with Gasteiger partial charge >= 0.3 is 0 Å². The largest absolute Gasteiger partial charge is 0.492 e. The van der Waals surface area contributed by atoms with Crippen LogP contribution in [0.3, 0.4) is 0 Å². The fourth-order valence-electron chi connectivity index (χ4n) is 3.11. The maximum absolute atomic E-state index is 5.97. The van der Waals surface area contributed by atoms with Crippen molar-refractivity contribution in [2.75, 3.05) is 19.7 Å². The smallest absolute Gasteiger partial charge is 0.133 e. The molecule has 1 aliphatic rings. The second-order valence-electron chi connectivity index (χ2n) is 6.28. The molecular formula is C20H25BrClNO. The normalized spacial score (nSPS) is 17.1. The standard InChI is InChI=1S/C20H24BrNO.ClH/c21-19-14-18(13-16-5-2-1-3-6-16)8-9-20(19)23-12-10-17-7-4-11-22-15-17;/h1-3,5-6,8-9,14,17,22H,4,7,10-13,15H2;1H. The molecule has 0 aromatic heterocycles. The lowest BCUT2D eigenvalue weighted by Crippen LogP contribution is -2.30. The molecule has 4 heteroatoms. The minimum Gasteiger partial charge on any atom is -0.492 e. The van der Waals surface area contributed by atoms with Gasteiger partial charge in [-0.15, -0.1) is 12.4 Å². The molecule has 2 aromatic carbocycles. The molecular weight excluding hydrogens is 386 g/mol. The van der Waals surface area contributed by atoms with Gasteiger partial charge in [0, 0.05) is 0 Å². The van der Waals surface area contributed by atoms with Gasteiger partial charge in [0.2, 0.25) is 0 Å². The Morgan fingerprint density at radius 3 is 2.62 bits per heavy atom. The maximum atomic E-state index is 5.97. The van der Waals surface area contributed by atoms with E-state index in [1.807, 2.05) is 0 Å². The zero-order valence-corrected chi connectivity index (χ0v) is 16.2. The highest BCUT2D eigenvalue weighted by Crippen LogP contribution is 2.27. The van der Waals surface area contributed by atoms with Crippen molar-refractivity contribution in [3.05, 3.63) is 64.1 Å². The highest BCUT2D eigenvalue weighted by atomic mass is 79.9. The summed E-state index contributed by atoms with van der Waals surface area (Å²) in [5.74, 6) is 1.71. The van der Waals surface area contributed by atoms with Gasteiger partial charge in [-0.1, -0.05) is 36.4 Å². The molecule has 1 saturated heterocycles. The number of rotatable bonds is 6. The Morgan fingerprint density at radius 2 is 1.92 bits per heavy atom. The summed E-state index contributed by atoms with van der Waals surface area (Å²) in [4.78, 5) is 0. The van der Waals surface area contributed by atoms with E-state index in [-0.39, 0.29) is 12.4 Å². The first-order valence-corrected chi connectivity index (χ1v) is 9.26. The fourth-order valence-corrected chi connectivity index (χ4v) is 3.65. The first-order valence-electron chi connectivity index (χ1n) is 8.47. The van der Waals surface area contributed by atoms with E-state index in [9.17, 15) is 0 Å². The summed E-state index contributed by atoms with van der Waals surface area (Å²) in [5, 5.41) is 3.46. The lowest BCUT2D eigenvalue weighted by Gasteiger charge is -2.22. The molecule has 1 atom stereocenters. The first-order chi connectivity index (χ1) is 11.3. The van der Waals surface area contributed by atoms with Crippen molar-refractivity contribution < 1.29 is 4.74 Å². The Balaban J connectivity index is 0.00000208. The van der Waals surface area contributed by atoms with E-state index < -0.39 is 0 Å². The van der Waals surface area contributed by atoms with E-state index >= 15 is 0 Å². The van der Waals surface area contributed by atoms with Gasteiger partial charge in [-0.25, -0.2) is 0 Å². The van der Waals surface area contributed by atoms with Gasteiger partial charge in [-0.3, -0.25) is 0 Å². The molecule has 1 heterocycles. The number of hydrogen-bond donors (Lipinski definition) is 1. The number of halogens is 2. The Labute approximate surface area is 159 Å². The van der Waals surface area contributed by atoms with Crippen molar-refractivity contribution in [1.82, 2.24) is 5.32 Å². The molecule has 0 aliphatic carbocycles. The monoisotopic (exact) mass is 409 g/mol. The van der Waals surface area contributed by atoms with E-state index in [1.54, 1.807) is 0 Å². The molecule has 1 aliphatic heterocycles. The average Bonchev–Trinajstić information content (AvgIpc) is 2.59. The van der Waals surface area contributed by atoms with E-state index in [4.69, 9.17) is 4.74 Å². The molecule has 0 saturated carbocycles. The summed E-state index contributed by atoms with van der Waals surface area (Å²) in [6, 6.07) is 17.0. The van der Waals surface area contributed by atoms with Crippen molar-refractivity contribution in [2.45, 2.75) is 25.7 Å². The third-order valence-electron chi connectivity index (χ3n) is 4.43. The second-order valence-corrected chi connectivity index (χ2v) is 7.13. The summed E-state index contributed by atoms with van der Waals surface area (Å²) >= 11 is 3.65. The van der Waals surface area contributed by atoms with E-state index in [0.717, 1.165) is 42.1 Å². The Morgan fingerprint density at radius 1 is 1.08 bits per heavy atom. The summed E-state index contributed by atoms with van der Waals surface area (Å²) in [6.45, 7) is 3.11. The van der Waals surface area contributed by atoms with Crippen molar-refractivity contribution in [1.29, 1.82) is 0 Å². The van der Waals surface area contributed by atoms with Crippen molar-refractivity contribution in [3.63, 3.8) is 0 Å². The molecule has 0 radical (unpaired) electrons. The predicted octanol–water partition coefficient (Wildman–Crippen LogP) is 5.23. The lowest BCUT2D eigenvalue weighted by molar-refractivity contribution is 0.253. The van der Waals surface area contributed by atoms with Crippen molar-refractivity contribution in [2.24, 2.45) is 5.92 Å². The molecule has 130 valence electrons. The van der Waals surface area contributed by atoms with Gasteiger partial charge in [0.1, 0.15) is 5.75 Å². The van der Waals surface area contributed by atoms with Crippen LogP contribution in [0, 0.1) is 5.92 Å².